The lowest BCUT2D eigenvalue weighted by Gasteiger charge is -2.11. The van der Waals surface area contributed by atoms with Gasteiger partial charge in [0.2, 0.25) is 0 Å². The molecule has 132 valence electrons. The number of nitrogens with one attached hydrogen (secondary N) is 1. The average molecular weight is 477 g/mol. The van der Waals surface area contributed by atoms with E-state index < -0.39 is 0 Å². The first kappa shape index (κ1) is 18.5. The predicted molar refractivity (Wildman–Crippen MR) is 109 cm³/mol. The van der Waals surface area contributed by atoms with Gasteiger partial charge in [0.15, 0.2) is 11.5 Å². The highest BCUT2D eigenvalue weighted by atomic mass is 79.9. The van der Waals surface area contributed by atoms with Crippen LogP contribution in [0.25, 0.3) is 22.7 Å². The molecule has 2 N–H and O–H groups in total. The number of halogens is 2. The van der Waals surface area contributed by atoms with Gasteiger partial charge in [-0.05, 0) is 81.1 Å². The highest BCUT2D eigenvalue weighted by molar-refractivity contribution is 9.13. The van der Waals surface area contributed by atoms with Crippen molar-refractivity contribution >= 4 is 54.5 Å². The molecular weight excluding hydrogens is 462 g/mol. The molecule has 0 bridgehead atoms. The first-order valence-electron chi connectivity index (χ1n) is 7.87. The van der Waals surface area contributed by atoms with Gasteiger partial charge in [-0.25, -0.2) is 4.98 Å². The summed E-state index contributed by atoms with van der Waals surface area (Å²) in [5.41, 5.74) is 3.85. The minimum atomic E-state index is 0.00796. The number of hydrogen-bond acceptors (Lipinski definition) is 4. The molecule has 3 rings (SSSR count). The van der Waals surface area contributed by atoms with E-state index in [1.54, 1.807) is 12.1 Å². The molecule has 7 heteroatoms. The molecule has 26 heavy (non-hydrogen) atoms. The van der Waals surface area contributed by atoms with Crippen LogP contribution in [0.5, 0.6) is 11.5 Å². The molecule has 0 unspecified atom stereocenters. The molecule has 0 aliphatic carbocycles. The van der Waals surface area contributed by atoms with Gasteiger partial charge in [-0.15, -0.1) is 0 Å². The van der Waals surface area contributed by atoms with E-state index in [0.29, 0.717) is 38.3 Å². The predicted octanol–water partition coefficient (Wildman–Crippen LogP) is 5.56. The number of phenolic OH excluding ortho intramolecular Hbond substituents is 1. The lowest BCUT2D eigenvalue weighted by molar-refractivity contribution is 0.317. The normalized spacial score (nSPS) is 11.6. The Hall–Kier alpha value is -2.30. The quantitative estimate of drug-likeness (QED) is 0.482. The maximum Gasteiger partial charge on any atom is 0.173 e. The van der Waals surface area contributed by atoms with Gasteiger partial charge in [0.25, 0.3) is 0 Å². The van der Waals surface area contributed by atoms with Crippen LogP contribution in [0.4, 0.5) is 0 Å². The number of aryl methyl sites for hydroxylation is 1. The summed E-state index contributed by atoms with van der Waals surface area (Å²) in [6, 6.07) is 9.74. The van der Waals surface area contributed by atoms with Crippen molar-refractivity contribution in [3.8, 4) is 17.6 Å². The van der Waals surface area contributed by atoms with Crippen LogP contribution in [-0.4, -0.2) is 21.7 Å². The van der Waals surface area contributed by atoms with Crippen molar-refractivity contribution in [2.75, 3.05) is 6.61 Å². The molecule has 0 saturated carbocycles. The van der Waals surface area contributed by atoms with Gasteiger partial charge in [0, 0.05) is 4.47 Å². The third-order valence-corrected chi connectivity index (χ3v) is 5.95. The van der Waals surface area contributed by atoms with Gasteiger partial charge in [-0.1, -0.05) is 6.07 Å². The average Bonchev–Trinajstić information content (AvgIpc) is 3.04. The zero-order chi connectivity index (χ0) is 18.8. The number of imidazole rings is 1. The standard InChI is InChI=1S/C19H15Br2N3O2/c1-3-26-15-8-11(16(20)17(21)18(15)25)7-12(9-22)19-23-13-5-4-10(2)6-14(13)24-19/h4-8,25H,3H2,1-2H3,(H,23,24). The molecule has 5 nitrogen and oxygen atoms in total. The van der Waals surface area contributed by atoms with E-state index >= 15 is 0 Å². The second-order valence-corrected chi connectivity index (χ2v) is 7.24. The highest BCUT2D eigenvalue weighted by Crippen LogP contribution is 2.42. The van der Waals surface area contributed by atoms with Crippen LogP contribution in [0.3, 0.4) is 0 Å². The Balaban J connectivity index is 2.12. The first-order valence-corrected chi connectivity index (χ1v) is 9.45. The second-order valence-electron chi connectivity index (χ2n) is 5.65. The number of nitrogens with zero attached hydrogens (tertiary/aromatic N) is 2. The van der Waals surface area contributed by atoms with E-state index in [2.05, 4.69) is 47.9 Å². The van der Waals surface area contributed by atoms with Gasteiger partial charge in [0.05, 0.1) is 27.7 Å². The van der Waals surface area contributed by atoms with Crippen molar-refractivity contribution < 1.29 is 9.84 Å². The highest BCUT2D eigenvalue weighted by Gasteiger charge is 2.16. The summed E-state index contributed by atoms with van der Waals surface area (Å²) >= 11 is 6.79. The summed E-state index contributed by atoms with van der Waals surface area (Å²) in [6.45, 7) is 4.25. The fraction of sp³-hybridized carbons (Fsp3) is 0.158. The van der Waals surface area contributed by atoms with Crippen LogP contribution >= 0.6 is 31.9 Å². The molecule has 2 aromatic carbocycles. The molecule has 0 radical (unpaired) electrons. The molecular formula is C19H15Br2N3O2. The molecule has 0 atom stereocenters. The summed E-state index contributed by atoms with van der Waals surface area (Å²) in [6.07, 6.45) is 1.70. The van der Waals surface area contributed by atoms with Crippen molar-refractivity contribution in [2.24, 2.45) is 0 Å². The van der Waals surface area contributed by atoms with E-state index in [1.165, 1.54) is 0 Å². The van der Waals surface area contributed by atoms with E-state index in [4.69, 9.17) is 4.74 Å². The molecule has 0 fully saturated rings. The van der Waals surface area contributed by atoms with Crippen LogP contribution in [0.1, 0.15) is 23.9 Å². The number of rotatable bonds is 4. The van der Waals surface area contributed by atoms with Gasteiger partial charge in [-0.2, -0.15) is 5.26 Å². The summed E-state index contributed by atoms with van der Waals surface area (Å²) in [7, 11) is 0. The number of phenols is 1. The zero-order valence-electron chi connectivity index (χ0n) is 14.1. The third-order valence-electron chi connectivity index (χ3n) is 3.79. The van der Waals surface area contributed by atoms with Crippen LogP contribution in [-0.2, 0) is 0 Å². The Labute approximate surface area is 167 Å². The number of aromatic hydroxyl groups is 1. The minimum absolute atomic E-state index is 0.00796. The van der Waals surface area contributed by atoms with Crippen LogP contribution in [0, 0.1) is 18.3 Å². The summed E-state index contributed by atoms with van der Waals surface area (Å²) in [5.74, 6) is 0.835. The second kappa shape index (κ2) is 7.52. The van der Waals surface area contributed by atoms with E-state index in [1.807, 2.05) is 32.0 Å². The van der Waals surface area contributed by atoms with Gasteiger partial charge in [0.1, 0.15) is 11.9 Å². The molecule has 0 amide bonds. The van der Waals surface area contributed by atoms with Crippen molar-refractivity contribution in [2.45, 2.75) is 13.8 Å². The van der Waals surface area contributed by atoms with E-state index in [9.17, 15) is 10.4 Å². The number of ether oxygens (including phenoxy) is 1. The topological polar surface area (TPSA) is 81.9 Å². The van der Waals surface area contributed by atoms with Gasteiger partial charge >= 0.3 is 0 Å². The Bertz CT molecular complexity index is 1060. The van der Waals surface area contributed by atoms with Crippen molar-refractivity contribution in [3.63, 3.8) is 0 Å². The van der Waals surface area contributed by atoms with Crippen molar-refractivity contribution in [1.82, 2.24) is 9.97 Å². The zero-order valence-corrected chi connectivity index (χ0v) is 17.3. The third kappa shape index (κ3) is 3.48. The van der Waals surface area contributed by atoms with Gasteiger partial charge in [-0.3, -0.25) is 0 Å². The number of hydrogen-bond donors (Lipinski definition) is 2. The summed E-state index contributed by atoms with van der Waals surface area (Å²) in [4.78, 5) is 7.68. The first-order chi connectivity index (χ1) is 12.4. The Kier molecular flexibility index (Phi) is 5.35. The number of H-pyrrole nitrogens is 1. The maximum atomic E-state index is 10.2. The Morgan fingerprint density at radius 3 is 2.81 bits per heavy atom. The van der Waals surface area contributed by atoms with Crippen LogP contribution in [0.2, 0.25) is 0 Å². The summed E-state index contributed by atoms with van der Waals surface area (Å²) in [5, 5.41) is 19.8. The smallest absolute Gasteiger partial charge is 0.173 e. The summed E-state index contributed by atoms with van der Waals surface area (Å²) < 4.78 is 6.55. The lowest BCUT2D eigenvalue weighted by Crippen LogP contribution is -1.94. The minimum Gasteiger partial charge on any atom is -0.503 e. The SMILES string of the molecule is CCOc1cc(C=C(C#N)c2nc3ccc(C)cc3[nH]2)c(Br)c(Br)c1O. The number of benzene rings is 2. The number of nitriles is 1. The number of allylic oxidation sites excluding steroid dienone is 1. The largest absolute Gasteiger partial charge is 0.503 e. The van der Waals surface area contributed by atoms with E-state index in [-0.39, 0.29) is 5.75 Å². The molecule has 0 aliphatic rings. The van der Waals surface area contributed by atoms with Crippen LogP contribution in [0.15, 0.2) is 33.2 Å². The lowest BCUT2D eigenvalue weighted by atomic mass is 10.1. The number of aromatic nitrogens is 2. The molecule has 1 heterocycles. The molecule has 3 aromatic rings. The fourth-order valence-electron chi connectivity index (χ4n) is 2.54. The molecule has 0 aliphatic heterocycles. The maximum absolute atomic E-state index is 10.2. The van der Waals surface area contributed by atoms with Crippen molar-refractivity contribution in [3.05, 3.63) is 50.2 Å². The van der Waals surface area contributed by atoms with Crippen LogP contribution < -0.4 is 4.74 Å². The molecule has 1 aromatic heterocycles. The number of fused-ring (bicyclic) bond motifs is 1. The van der Waals surface area contributed by atoms with Crippen molar-refractivity contribution in [1.29, 1.82) is 5.26 Å². The number of aromatic amines is 1. The Morgan fingerprint density at radius 1 is 1.35 bits per heavy atom. The Morgan fingerprint density at radius 2 is 2.12 bits per heavy atom. The van der Waals surface area contributed by atoms with E-state index in [0.717, 1.165) is 16.6 Å². The molecule has 0 saturated heterocycles. The molecule has 0 spiro atoms. The monoisotopic (exact) mass is 475 g/mol. The fourth-order valence-corrected chi connectivity index (χ4v) is 3.38. The van der Waals surface area contributed by atoms with Gasteiger partial charge < -0.3 is 14.8 Å².